The van der Waals surface area contributed by atoms with Crippen LogP contribution in [0.2, 0.25) is 0 Å². The van der Waals surface area contributed by atoms with Crippen molar-refractivity contribution in [3.8, 4) is 5.75 Å². The van der Waals surface area contributed by atoms with Crippen molar-refractivity contribution in [2.75, 3.05) is 27.2 Å². The van der Waals surface area contributed by atoms with Gasteiger partial charge in [0.2, 0.25) is 5.91 Å². The molecule has 0 bridgehead atoms. The molecule has 2 N–H and O–H groups in total. The van der Waals surface area contributed by atoms with Crippen LogP contribution in [0.15, 0.2) is 18.2 Å². The molecule has 1 aromatic rings. The molecule has 0 aliphatic carbocycles. The first-order valence-electron chi connectivity index (χ1n) is 6.55. The number of nitrogens with zero attached hydrogens (tertiary/aromatic N) is 1. The van der Waals surface area contributed by atoms with Crippen molar-refractivity contribution in [3.05, 3.63) is 29.6 Å². The highest BCUT2D eigenvalue weighted by molar-refractivity contribution is 5.85. The van der Waals surface area contributed by atoms with Crippen LogP contribution in [0.4, 0.5) is 4.39 Å². The molecule has 0 aliphatic rings. The minimum Gasteiger partial charge on any atom is -0.494 e. The van der Waals surface area contributed by atoms with Gasteiger partial charge in [-0.1, -0.05) is 19.9 Å². The smallest absolute Gasteiger partial charge is 0.226 e. The molecule has 0 aliphatic heterocycles. The van der Waals surface area contributed by atoms with Gasteiger partial charge in [-0.05, 0) is 29.7 Å². The minimum atomic E-state index is -0.456. The predicted octanol–water partition coefficient (Wildman–Crippen LogP) is 2.24. The third-order valence-electron chi connectivity index (χ3n) is 3.22. The summed E-state index contributed by atoms with van der Waals surface area (Å²) in [7, 11) is 3.14. The van der Waals surface area contributed by atoms with Crippen LogP contribution >= 0.6 is 12.4 Å². The highest BCUT2D eigenvalue weighted by Gasteiger charge is 2.21. The summed E-state index contributed by atoms with van der Waals surface area (Å²) in [6.45, 7) is 5.08. The van der Waals surface area contributed by atoms with Crippen molar-refractivity contribution >= 4 is 18.3 Å². The Morgan fingerprint density at radius 1 is 1.43 bits per heavy atom. The molecule has 0 fully saturated rings. The van der Waals surface area contributed by atoms with Gasteiger partial charge in [-0.2, -0.15) is 0 Å². The molecule has 0 saturated heterocycles. The zero-order valence-electron chi connectivity index (χ0n) is 13.0. The average Bonchev–Trinajstić information content (AvgIpc) is 2.38. The molecule has 0 saturated carbocycles. The fourth-order valence-corrected chi connectivity index (χ4v) is 1.92. The van der Waals surface area contributed by atoms with Crippen molar-refractivity contribution in [3.63, 3.8) is 0 Å². The largest absolute Gasteiger partial charge is 0.494 e. The number of halogens is 2. The monoisotopic (exact) mass is 318 g/mol. The second-order valence-corrected chi connectivity index (χ2v) is 5.76. The number of carbonyl (C=O) groups excluding carboxylic acids is 1. The Kier molecular flexibility index (Phi) is 7.68. The van der Waals surface area contributed by atoms with E-state index in [4.69, 9.17) is 10.5 Å². The van der Waals surface area contributed by atoms with Gasteiger partial charge in [0, 0.05) is 13.6 Å². The SMILES string of the molecule is COc1ccc(CC(=O)N(C)CC(C)(C)CN)cc1F.Cl. The molecule has 0 radical (unpaired) electrons. The third kappa shape index (κ3) is 5.89. The van der Waals surface area contributed by atoms with Gasteiger partial charge < -0.3 is 15.4 Å². The van der Waals surface area contributed by atoms with Gasteiger partial charge in [-0.25, -0.2) is 4.39 Å². The van der Waals surface area contributed by atoms with Crippen molar-refractivity contribution in [1.29, 1.82) is 0 Å². The number of hydrogen-bond acceptors (Lipinski definition) is 3. The first-order valence-corrected chi connectivity index (χ1v) is 6.55. The number of likely N-dealkylation sites (N-methyl/N-ethyl adjacent to an activating group) is 1. The van der Waals surface area contributed by atoms with Gasteiger partial charge in [0.1, 0.15) is 0 Å². The second-order valence-electron chi connectivity index (χ2n) is 5.76. The fourth-order valence-electron chi connectivity index (χ4n) is 1.92. The van der Waals surface area contributed by atoms with Crippen LogP contribution in [0.1, 0.15) is 19.4 Å². The van der Waals surface area contributed by atoms with Crippen LogP contribution in [0, 0.1) is 11.2 Å². The minimum absolute atomic E-state index is 0. The first-order chi connectivity index (χ1) is 9.29. The summed E-state index contributed by atoms with van der Waals surface area (Å²) in [6.07, 6.45) is 0.165. The van der Waals surface area contributed by atoms with E-state index in [2.05, 4.69) is 0 Å². The number of ether oxygens (including phenoxy) is 1. The number of methoxy groups -OCH3 is 1. The van der Waals surface area contributed by atoms with E-state index in [1.54, 1.807) is 18.0 Å². The van der Waals surface area contributed by atoms with E-state index in [1.807, 2.05) is 13.8 Å². The summed E-state index contributed by atoms with van der Waals surface area (Å²) in [4.78, 5) is 13.7. The number of hydrogen-bond donors (Lipinski definition) is 1. The summed E-state index contributed by atoms with van der Waals surface area (Å²) in [6, 6.07) is 4.56. The van der Waals surface area contributed by atoms with Gasteiger partial charge in [0.05, 0.1) is 13.5 Å². The molecule has 0 unspecified atom stereocenters. The lowest BCUT2D eigenvalue weighted by Crippen LogP contribution is -2.40. The molecule has 0 aromatic heterocycles. The summed E-state index contributed by atoms with van der Waals surface area (Å²) in [5, 5.41) is 0. The Labute approximate surface area is 131 Å². The van der Waals surface area contributed by atoms with E-state index in [1.165, 1.54) is 19.2 Å². The topological polar surface area (TPSA) is 55.6 Å². The zero-order valence-corrected chi connectivity index (χ0v) is 13.8. The molecule has 6 heteroatoms. The summed E-state index contributed by atoms with van der Waals surface area (Å²) < 4.78 is 18.4. The van der Waals surface area contributed by atoms with E-state index in [9.17, 15) is 9.18 Å². The van der Waals surface area contributed by atoms with Gasteiger partial charge in [-0.15, -0.1) is 12.4 Å². The molecule has 0 spiro atoms. The Morgan fingerprint density at radius 3 is 2.52 bits per heavy atom. The summed E-state index contributed by atoms with van der Waals surface area (Å²) in [5.74, 6) is -0.336. The van der Waals surface area contributed by atoms with E-state index >= 15 is 0 Å². The number of nitrogens with two attached hydrogens (primary N) is 1. The Morgan fingerprint density at radius 2 is 2.05 bits per heavy atom. The van der Waals surface area contributed by atoms with Gasteiger partial charge in [0.15, 0.2) is 11.6 Å². The highest BCUT2D eigenvalue weighted by Crippen LogP contribution is 2.19. The summed E-state index contributed by atoms with van der Waals surface area (Å²) in [5.41, 5.74) is 6.16. The van der Waals surface area contributed by atoms with Crippen LogP contribution in [0.5, 0.6) is 5.75 Å². The second kappa shape index (κ2) is 8.20. The van der Waals surface area contributed by atoms with Gasteiger partial charge in [0.25, 0.3) is 0 Å². The third-order valence-corrected chi connectivity index (χ3v) is 3.22. The quantitative estimate of drug-likeness (QED) is 0.875. The lowest BCUT2D eigenvalue weighted by atomic mass is 9.93. The van der Waals surface area contributed by atoms with E-state index in [0.29, 0.717) is 18.7 Å². The number of carbonyl (C=O) groups is 1. The Bertz CT molecular complexity index is 481. The molecular weight excluding hydrogens is 295 g/mol. The van der Waals surface area contributed by atoms with Crippen LogP contribution in [-0.2, 0) is 11.2 Å². The van der Waals surface area contributed by atoms with E-state index < -0.39 is 5.82 Å². The number of amides is 1. The van der Waals surface area contributed by atoms with Crippen molar-refractivity contribution in [1.82, 2.24) is 4.90 Å². The van der Waals surface area contributed by atoms with Gasteiger partial charge >= 0.3 is 0 Å². The molecule has 0 atom stereocenters. The van der Waals surface area contributed by atoms with Gasteiger partial charge in [-0.3, -0.25) is 4.79 Å². The van der Waals surface area contributed by atoms with Crippen LogP contribution < -0.4 is 10.5 Å². The van der Waals surface area contributed by atoms with E-state index in [-0.39, 0.29) is 35.9 Å². The van der Waals surface area contributed by atoms with E-state index in [0.717, 1.165) is 0 Å². The molecule has 4 nitrogen and oxygen atoms in total. The molecule has 1 aromatic carbocycles. The molecular formula is C15H24ClFN2O2. The van der Waals surface area contributed by atoms with Crippen LogP contribution in [0.25, 0.3) is 0 Å². The lowest BCUT2D eigenvalue weighted by Gasteiger charge is -2.29. The molecule has 1 amide bonds. The Hall–Kier alpha value is -1.33. The molecule has 1 rings (SSSR count). The maximum Gasteiger partial charge on any atom is 0.226 e. The fraction of sp³-hybridized carbons (Fsp3) is 0.533. The van der Waals surface area contributed by atoms with Crippen molar-refractivity contribution in [2.45, 2.75) is 20.3 Å². The predicted molar refractivity (Wildman–Crippen MR) is 84.4 cm³/mol. The standard InChI is InChI=1S/C15H23FN2O2.ClH/c1-15(2,9-17)10-18(3)14(19)8-11-5-6-13(20-4)12(16)7-11;/h5-7H,8-10,17H2,1-4H3;1H. The maximum absolute atomic E-state index is 13.6. The number of benzene rings is 1. The Balaban J connectivity index is 0.00000400. The van der Waals surface area contributed by atoms with Crippen molar-refractivity contribution in [2.24, 2.45) is 11.1 Å². The van der Waals surface area contributed by atoms with Crippen molar-refractivity contribution < 1.29 is 13.9 Å². The summed E-state index contributed by atoms with van der Waals surface area (Å²) >= 11 is 0. The lowest BCUT2D eigenvalue weighted by molar-refractivity contribution is -0.130. The number of rotatable bonds is 6. The maximum atomic E-state index is 13.6. The average molecular weight is 319 g/mol. The normalized spacial score (nSPS) is 10.8. The van der Waals surface area contributed by atoms with Crippen LogP contribution in [-0.4, -0.2) is 38.1 Å². The molecule has 0 heterocycles. The molecule has 120 valence electrons. The first kappa shape index (κ1) is 19.7. The highest BCUT2D eigenvalue weighted by atomic mass is 35.5. The molecule has 21 heavy (non-hydrogen) atoms. The van der Waals surface area contributed by atoms with Crippen LogP contribution in [0.3, 0.4) is 0 Å². The zero-order chi connectivity index (χ0) is 15.3.